The summed E-state index contributed by atoms with van der Waals surface area (Å²) in [6.07, 6.45) is 2.56. The predicted octanol–water partition coefficient (Wildman–Crippen LogP) is 3.75. The van der Waals surface area contributed by atoms with Gasteiger partial charge in [0.05, 0.1) is 0 Å². The van der Waals surface area contributed by atoms with Crippen LogP contribution < -0.4 is 0 Å². The lowest BCUT2D eigenvalue weighted by molar-refractivity contribution is 0.0306. The van der Waals surface area contributed by atoms with Crippen LogP contribution in [0, 0.1) is 11.6 Å². The monoisotopic (exact) mass is 402 g/mol. The van der Waals surface area contributed by atoms with Gasteiger partial charge in [0.1, 0.15) is 22.4 Å². The molecule has 0 heterocycles. The Bertz CT molecular complexity index is 687. The summed E-state index contributed by atoms with van der Waals surface area (Å²) in [5.41, 5.74) is -1.05. The van der Waals surface area contributed by atoms with Crippen molar-refractivity contribution in [3.8, 4) is 0 Å². The molecule has 21 heavy (non-hydrogen) atoms. The molecule has 4 nitrogen and oxygen atoms in total. The zero-order valence-corrected chi connectivity index (χ0v) is 13.7. The topological polar surface area (TPSA) is 60.4 Å². The second-order valence-corrected chi connectivity index (χ2v) is 7.97. The first kappa shape index (κ1) is 16.6. The molecule has 1 aromatic rings. The summed E-state index contributed by atoms with van der Waals surface area (Å²) >= 11 is 2.71. The smallest absolute Gasteiger partial charge is 0.344 e. The zero-order valence-electron chi connectivity index (χ0n) is 10.5. The van der Waals surface area contributed by atoms with Crippen LogP contribution in [0.1, 0.15) is 36.0 Å². The fraction of sp³-hybridized carbons (Fsp3) is 0.417. The number of carbonyl (C=O) groups excluding carboxylic acids is 1. The molecule has 0 saturated heterocycles. The minimum atomic E-state index is -4.49. The van der Waals surface area contributed by atoms with Gasteiger partial charge in [0, 0.05) is 15.2 Å². The first-order valence-electron chi connectivity index (χ1n) is 6.05. The fourth-order valence-electron chi connectivity index (χ4n) is 2.20. The Kier molecular flexibility index (Phi) is 4.89. The van der Waals surface area contributed by atoms with Crippen molar-refractivity contribution in [3.05, 3.63) is 27.7 Å². The second-order valence-electron chi connectivity index (χ2n) is 4.61. The van der Waals surface area contributed by atoms with E-state index in [0.717, 1.165) is 12.8 Å². The van der Waals surface area contributed by atoms with E-state index in [4.69, 9.17) is 15.4 Å². The molecule has 0 bridgehead atoms. The Balaban J connectivity index is 2.45. The van der Waals surface area contributed by atoms with Crippen LogP contribution in [0.2, 0.25) is 0 Å². The maximum atomic E-state index is 14.2. The summed E-state index contributed by atoms with van der Waals surface area (Å²) in [6, 6.07) is 0.670. The summed E-state index contributed by atoms with van der Waals surface area (Å²) in [4.78, 5) is 10.9. The highest BCUT2D eigenvalue weighted by atomic mass is 79.9. The lowest BCUT2D eigenvalue weighted by atomic mass is 10.2. The van der Waals surface area contributed by atoms with Crippen LogP contribution in [0.25, 0.3) is 0 Å². The number of rotatable bonds is 3. The summed E-state index contributed by atoms with van der Waals surface area (Å²) in [5.74, 6) is -4.00. The van der Waals surface area contributed by atoms with E-state index in [9.17, 15) is 22.0 Å². The van der Waals surface area contributed by atoms with Gasteiger partial charge in [-0.1, -0.05) is 0 Å². The van der Waals surface area contributed by atoms with Gasteiger partial charge >= 0.3 is 5.97 Å². The van der Waals surface area contributed by atoms with E-state index in [1.54, 1.807) is 0 Å². The Morgan fingerprint density at radius 1 is 1.33 bits per heavy atom. The van der Waals surface area contributed by atoms with Crippen molar-refractivity contribution in [2.45, 2.75) is 36.7 Å². The third-order valence-electron chi connectivity index (χ3n) is 3.15. The standard InChI is InChI=1S/C12H10BrClF2O4S/c13-7-5-8(15)9(10(16)11(7)21(14,18)19)12(17)20-6-3-1-2-4-6/h5-6H,1-4H2. The lowest BCUT2D eigenvalue weighted by Gasteiger charge is -2.13. The molecule has 2 rings (SSSR count). The van der Waals surface area contributed by atoms with Gasteiger partial charge in [0.2, 0.25) is 0 Å². The quantitative estimate of drug-likeness (QED) is 0.570. The summed E-state index contributed by atoms with van der Waals surface area (Å²) in [7, 11) is 0.608. The van der Waals surface area contributed by atoms with Crippen molar-refractivity contribution < 1.29 is 26.7 Å². The average molecular weight is 404 g/mol. The lowest BCUT2D eigenvalue weighted by Crippen LogP contribution is -2.18. The number of carbonyl (C=O) groups is 1. The molecule has 1 fully saturated rings. The average Bonchev–Trinajstić information content (AvgIpc) is 2.78. The molecule has 0 N–H and O–H groups in total. The number of ether oxygens (including phenoxy) is 1. The Morgan fingerprint density at radius 3 is 2.43 bits per heavy atom. The molecule has 116 valence electrons. The van der Waals surface area contributed by atoms with Gasteiger partial charge < -0.3 is 4.74 Å². The van der Waals surface area contributed by atoms with E-state index >= 15 is 0 Å². The minimum absolute atomic E-state index is 0.398. The van der Waals surface area contributed by atoms with Crippen molar-refractivity contribution >= 4 is 41.6 Å². The van der Waals surface area contributed by atoms with Crippen LogP contribution in [0.5, 0.6) is 0 Å². The van der Waals surface area contributed by atoms with Crippen LogP contribution in [0.3, 0.4) is 0 Å². The number of halogens is 4. The second kappa shape index (κ2) is 6.18. The Labute approximate surface area is 133 Å². The van der Waals surface area contributed by atoms with Crippen molar-refractivity contribution in [3.63, 3.8) is 0 Å². The molecule has 0 radical (unpaired) electrons. The Hall–Kier alpha value is -0.730. The summed E-state index contributed by atoms with van der Waals surface area (Å²) in [6.45, 7) is 0. The van der Waals surface area contributed by atoms with Gasteiger partial charge in [-0.25, -0.2) is 22.0 Å². The minimum Gasteiger partial charge on any atom is -0.459 e. The van der Waals surface area contributed by atoms with E-state index in [1.165, 1.54) is 0 Å². The summed E-state index contributed by atoms with van der Waals surface area (Å²) < 4.78 is 55.2. The molecule has 0 unspecified atom stereocenters. The van der Waals surface area contributed by atoms with Crippen molar-refractivity contribution in [1.29, 1.82) is 0 Å². The van der Waals surface area contributed by atoms with Gasteiger partial charge in [-0.15, -0.1) is 0 Å². The van der Waals surface area contributed by atoms with Crippen LogP contribution >= 0.6 is 26.6 Å². The number of benzene rings is 1. The van der Waals surface area contributed by atoms with E-state index < -0.39 is 47.7 Å². The highest BCUT2D eigenvalue weighted by Crippen LogP contribution is 2.33. The van der Waals surface area contributed by atoms with E-state index in [2.05, 4.69) is 15.9 Å². The largest absolute Gasteiger partial charge is 0.459 e. The molecule has 9 heteroatoms. The van der Waals surface area contributed by atoms with Gasteiger partial charge in [-0.05, 0) is 47.7 Å². The molecular formula is C12H10BrClF2O4S. The van der Waals surface area contributed by atoms with E-state index in [1.807, 2.05) is 0 Å². The van der Waals surface area contributed by atoms with Crippen LogP contribution in [-0.4, -0.2) is 20.5 Å². The maximum absolute atomic E-state index is 14.2. The molecule has 1 aliphatic carbocycles. The molecular weight excluding hydrogens is 394 g/mol. The molecule has 0 spiro atoms. The molecule has 0 amide bonds. The van der Waals surface area contributed by atoms with Crippen molar-refractivity contribution in [2.75, 3.05) is 0 Å². The zero-order chi connectivity index (χ0) is 15.8. The number of hydrogen-bond acceptors (Lipinski definition) is 4. The molecule has 1 aromatic carbocycles. The first-order valence-corrected chi connectivity index (χ1v) is 9.15. The highest BCUT2D eigenvalue weighted by Gasteiger charge is 2.31. The normalized spacial score (nSPS) is 16.2. The summed E-state index contributed by atoms with van der Waals surface area (Å²) in [5, 5.41) is 0. The van der Waals surface area contributed by atoms with Crippen LogP contribution in [0.15, 0.2) is 15.4 Å². The van der Waals surface area contributed by atoms with E-state index in [-0.39, 0.29) is 0 Å². The molecule has 1 saturated carbocycles. The predicted molar refractivity (Wildman–Crippen MR) is 74.8 cm³/mol. The van der Waals surface area contributed by atoms with Gasteiger partial charge in [-0.2, -0.15) is 0 Å². The molecule has 0 aliphatic heterocycles. The third kappa shape index (κ3) is 3.54. The van der Waals surface area contributed by atoms with Crippen molar-refractivity contribution in [1.82, 2.24) is 0 Å². The van der Waals surface area contributed by atoms with Crippen molar-refractivity contribution in [2.24, 2.45) is 0 Å². The molecule has 0 aromatic heterocycles. The van der Waals surface area contributed by atoms with E-state index in [0.29, 0.717) is 18.9 Å². The van der Waals surface area contributed by atoms with Gasteiger partial charge in [0.15, 0.2) is 5.82 Å². The maximum Gasteiger partial charge on any atom is 0.344 e. The fourth-order valence-corrected chi connectivity index (χ4v) is 4.55. The molecule has 0 atom stereocenters. The van der Waals surface area contributed by atoms with Gasteiger partial charge in [0.25, 0.3) is 9.05 Å². The number of esters is 1. The SMILES string of the molecule is O=C(OC1CCCC1)c1c(F)cc(Br)c(S(=O)(=O)Cl)c1F. The first-order chi connectivity index (χ1) is 9.71. The molecule has 1 aliphatic rings. The van der Waals surface area contributed by atoms with Gasteiger partial charge in [-0.3, -0.25) is 0 Å². The highest BCUT2D eigenvalue weighted by molar-refractivity contribution is 9.10. The van der Waals surface area contributed by atoms with Crippen LogP contribution in [0.4, 0.5) is 8.78 Å². The number of hydrogen-bond donors (Lipinski definition) is 0. The van der Waals surface area contributed by atoms with Crippen LogP contribution in [-0.2, 0) is 13.8 Å². The third-order valence-corrected chi connectivity index (χ3v) is 5.39. The Morgan fingerprint density at radius 2 is 1.90 bits per heavy atom.